The van der Waals surface area contributed by atoms with Gasteiger partial charge >= 0.3 is 0 Å². The van der Waals surface area contributed by atoms with Crippen molar-refractivity contribution in [1.29, 1.82) is 0 Å². The van der Waals surface area contributed by atoms with E-state index in [0.717, 1.165) is 25.2 Å². The maximum Gasteiger partial charge on any atom is 0.0572 e. The lowest BCUT2D eigenvalue weighted by molar-refractivity contribution is 0.337. The Labute approximate surface area is 116 Å². The summed E-state index contributed by atoms with van der Waals surface area (Å²) >= 11 is 0. The predicted octanol–water partition coefficient (Wildman–Crippen LogP) is 2.02. The van der Waals surface area contributed by atoms with Gasteiger partial charge in [-0.3, -0.25) is 4.98 Å². The highest BCUT2D eigenvalue weighted by atomic mass is 15.2. The van der Waals surface area contributed by atoms with Gasteiger partial charge in [-0.25, -0.2) is 0 Å². The minimum Gasteiger partial charge on any atom is -0.366 e. The predicted molar refractivity (Wildman–Crippen MR) is 80.4 cm³/mol. The van der Waals surface area contributed by atoms with Crippen LogP contribution in [0.1, 0.15) is 38.4 Å². The first-order chi connectivity index (χ1) is 9.11. The number of anilines is 1. The molecule has 0 bridgehead atoms. The van der Waals surface area contributed by atoms with E-state index in [2.05, 4.69) is 47.8 Å². The molecule has 2 rings (SSSR count). The molecule has 1 aliphatic rings. The Kier molecular flexibility index (Phi) is 4.77. The van der Waals surface area contributed by atoms with Crippen molar-refractivity contribution in [2.24, 2.45) is 5.73 Å². The fraction of sp³-hybridized carbons (Fsp3) is 0.667. The van der Waals surface area contributed by atoms with Crippen LogP contribution in [0.4, 0.5) is 5.69 Å². The van der Waals surface area contributed by atoms with Gasteiger partial charge in [0.1, 0.15) is 0 Å². The number of aromatic nitrogens is 1. The first-order valence-corrected chi connectivity index (χ1v) is 7.28. The second-order valence-corrected chi connectivity index (χ2v) is 5.61. The third kappa shape index (κ3) is 3.45. The number of nitrogens with two attached hydrogens (primary N) is 1. The first kappa shape index (κ1) is 14.3. The Bertz CT molecular complexity index is 390. The number of hydrogen-bond acceptors (Lipinski definition) is 4. The van der Waals surface area contributed by atoms with Crippen LogP contribution >= 0.6 is 0 Å². The molecule has 4 nitrogen and oxygen atoms in total. The van der Waals surface area contributed by atoms with E-state index in [1.54, 1.807) is 0 Å². The van der Waals surface area contributed by atoms with E-state index >= 15 is 0 Å². The summed E-state index contributed by atoms with van der Waals surface area (Å²) in [6.07, 6.45) is 4.11. The lowest BCUT2D eigenvalue weighted by Gasteiger charge is -2.30. The third-order valence-corrected chi connectivity index (χ3v) is 3.97. The van der Waals surface area contributed by atoms with Gasteiger partial charge in [0.25, 0.3) is 0 Å². The molecule has 0 aromatic carbocycles. The van der Waals surface area contributed by atoms with E-state index in [1.165, 1.54) is 18.7 Å². The summed E-state index contributed by atoms with van der Waals surface area (Å²) in [6, 6.07) is 4.83. The van der Waals surface area contributed by atoms with Crippen LogP contribution < -0.4 is 10.6 Å². The number of nitrogens with zero attached hydrogens (tertiary/aromatic N) is 3. The number of hydrogen-bond donors (Lipinski definition) is 1. The smallest absolute Gasteiger partial charge is 0.0572 e. The first-order valence-electron chi connectivity index (χ1n) is 7.28. The molecule has 0 aliphatic carbocycles. The Morgan fingerprint density at radius 2 is 2.21 bits per heavy atom. The number of pyridine rings is 1. The van der Waals surface area contributed by atoms with Crippen LogP contribution in [0.3, 0.4) is 0 Å². The summed E-state index contributed by atoms with van der Waals surface area (Å²) in [4.78, 5) is 9.39. The van der Waals surface area contributed by atoms with E-state index in [1.807, 2.05) is 6.20 Å². The molecule has 1 aliphatic heterocycles. The zero-order valence-electron chi connectivity index (χ0n) is 12.3. The van der Waals surface area contributed by atoms with Crippen LogP contribution in [-0.4, -0.2) is 42.6 Å². The fourth-order valence-electron chi connectivity index (χ4n) is 2.75. The zero-order chi connectivity index (χ0) is 13.8. The highest BCUT2D eigenvalue weighted by molar-refractivity contribution is 5.46. The van der Waals surface area contributed by atoms with E-state index in [-0.39, 0.29) is 6.04 Å². The van der Waals surface area contributed by atoms with Crippen LogP contribution in [0, 0.1) is 0 Å². The van der Waals surface area contributed by atoms with E-state index < -0.39 is 0 Å². The molecule has 0 radical (unpaired) electrons. The van der Waals surface area contributed by atoms with Crippen molar-refractivity contribution in [3.05, 3.63) is 24.0 Å². The molecule has 19 heavy (non-hydrogen) atoms. The van der Waals surface area contributed by atoms with Gasteiger partial charge in [0.15, 0.2) is 0 Å². The van der Waals surface area contributed by atoms with Crippen molar-refractivity contribution in [1.82, 2.24) is 9.88 Å². The molecule has 4 heteroatoms. The summed E-state index contributed by atoms with van der Waals surface area (Å²) in [6.45, 7) is 7.76. The molecule has 2 heterocycles. The van der Waals surface area contributed by atoms with Crippen molar-refractivity contribution in [2.45, 2.75) is 38.8 Å². The summed E-state index contributed by atoms with van der Waals surface area (Å²) in [5, 5.41) is 0. The SMILES string of the molecule is CC[C@H](N)c1ccc(N2CCCN(C)CC2C)cn1. The summed E-state index contributed by atoms with van der Waals surface area (Å²) in [7, 11) is 2.20. The summed E-state index contributed by atoms with van der Waals surface area (Å²) in [5.41, 5.74) is 8.22. The number of likely N-dealkylation sites (N-methyl/N-ethyl adjacent to an activating group) is 1. The van der Waals surface area contributed by atoms with Gasteiger partial charge in [0, 0.05) is 25.2 Å². The van der Waals surface area contributed by atoms with Crippen LogP contribution in [-0.2, 0) is 0 Å². The third-order valence-electron chi connectivity index (χ3n) is 3.97. The van der Waals surface area contributed by atoms with Crippen molar-refractivity contribution >= 4 is 5.69 Å². The van der Waals surface area contributed by atoms with Gasteiger partial charge in [0.2, 0.25) is 0 Å². The molecule has 2 atom stereocenters. The largest absolute Gasteiger partial charge is 0.366 e. The molecule has 1 aromatic heterocycles. The molecular formula is C15H26N4. The van der Waals surface area contributed by atoms with Crippen molar-refractivity contribution in [2.75, 3.05) is 31.6 Å². The molecule has 2 N–H and O–H groups in total. The highest BCUT2D eigenvalue weighted by Gasteiger charge is 2.20. The Hall–Kier alpha value is -1.13. The maximum atomic E-state index is 6.01. The Morgan fingerprint density at radius 3 is 2.84 bits per heavy atom. The topological polar surface area (TPSA) is 45.4 Å². The molecule has 1 aromatic rings. The lowest BCUT2D eigenvalue weighted by Crippen LogP contribution is -2.38. The molecule has 0 spiro atoms. The van der Waals surface area contributed by atoms with Gasteiger partial charge < -0.3 is 15.5 Å². The van der Waals surface area contributed by atoms with Crippen LogP contribution in [0.15, 0.2) is 18.3 Å². The molecule has 1 unspecified atom stereocenters. The minimum atomic E-state index is 0.0572. The van der Waals surface area contributed by atoms with Crippen molar-refractivity contribution < 1.29 is 0 Å². The molecule has 0 saturated carbocycles. The fourth-order valence-corrected chi connectivity index (χ4v) is 2.75. The highest BCUT2D eigenvalue weighted by Crippen LogP contribution is 2.21. The van der Waals surface area contributed by atoms with Crippen molar-refractivity contribution in [3.63, 3.8) is 0 Å². The molecule has 1 fully saturated rings. The van der Waals surface area contributed by atoms with Gasteiger partial charge in [-0.1, -0.05) is 6.92 Å². The van der Waals surface area contributed by atoms with Gasteiger partial charge in [-0.2, -0.15) is 0 Å². The second-order valence-electron chi connectivity index (χ2n) is 5.61. The standard InChI is InChI=1S/C15H26N4/c1-4-14(16)15-7-6-13(10-17-15)19-9-5-8-18(3)11-12(19)2/h6-7,10,12,14H,4-5,8-9,11,16H2,1-3H3/t12?,14-/m0/s1. The zero-order valence-corrected chi connectivity index (χ0v) is 12.3. The van der Waals surface area contributed by atoms with Crippen LogP contribution in [0.5, 0.6) is 0 Å². The average Bonchev–Trinajstić information content (AvgIpc) is 2.58. The van der Waals surface area contributed by atoms with Crippen LogP contribution in [0.25, 0.3) is 0 Å². The second kappa shape index (κ2) is 6.35. The molecule has 1 saturated heterocycles. The Morgan fingerprint density at radius 1 is 1.42 bits per heavy atom. The van der Waals surface area contributed by atoms with Gasteiger partial charge in [-0.05, 0) is 45.5 Å². The minimum absolute atomic E-state index is 0.0572. The normalized spacial score (nSPS) is 23.2. The van der Waals surface area contributed by atoms with Gasteiger partial charge in [0.05, 0.1) is 17.6 Å². The molecule has 106 valence electrons. The average molecular weight is 262 g/mol. The molecular weight excluding hydrogens is 236 g/mol. The number of rotatable bonds is 3. The molecule has 0 amide bonds. The van der Waals surface area contributed by atoms with E-state index in [4.69, 9.17) is 5.73 Å². The van der Waals surface area contributed by atoms with Crippen molar-refractivity contribution in [3.8, 4) is 0 Å². The monoisotopic (exact) mass is 262 g/mol. The van der Waals surface area contributed by atoms with Crippen LogP contribution in [0.2, 0.25) is 0 Å². The maximum absolute atomic E-state index is 6.01. The van der Waals surface area contributed by atoms with E-state index in [9.17, 15) is 0 Å². The summed E-state index contributed by atoms with van der Waals surface area (Å²) < 4.78 is 0. The quantitative estimate of drug-likeness (QED) is 0.905. The van der Waals surface area contributed by atoms with Gasteiger partial charge in [-0.15, -0.1) is 0 Å². The summed E-state index contributed by atoms with van der Waals surface area (Å²) in [5.74, 6) is 0. The lowest BCUT2D eigenvalue weighted by atomic mass is 10.1. The Balaban J connectivity index is 2.12. The van der Waals surface area contributed by atoms with E-state index in [0.29, 0.717) is 6.04 Å².